The van der Waals surface area contributed by atoms with Crippen LogP contribution in [0.1, 0.15) is 18.1 Å². The monoisotopic (exact) mass is 536 g/mol. The summed E-state index contributed by atoms with van der Waals surface area (Å²) in [6, 6.07) is 11.8. The lowest BCUT2D eigenvalue weighted by atomic mass is 10.1. The number of aliphatic imine (C=N–C) groups is 1. The van der Waals surface area contributed by atoms with Gasteiger partial charge >= 0.3 is 0 Å². The lowest BCUT2D eigenvalue weighted by Crippen LogP contribution is -2.38. The Bertz CT molecular complexity index is 962. The van der Waals surface area contributed by atoms with Gasteiger partial charge in [-0.05, 0) is 54.8 Å². The zero-order valence-electron chi connectivity index (χ0n) is 18.0. The van der Waals surface area contributed by atoms with Crippen LogP contribution in [-0.4, -0.2) is 48.0 Å². The molecule has 1 aromatic carbocycles. The Labute approximate surface area is 200 Å². The molecule has 0 unspecified atom stereocenters. The van der Waals surface area contributed by atoms with Crippen molar-refractivity contribution in [3.05, 3.63) is 66.1 Å². The summed E-state index contributed by atoms with van der Waals surface area (Å²) in [4.78, 5) is 9.05. The third-order valence-electron chi connectivity index (χ3n) is 4.47. The second-order valence-electron chi connectivity index (χ2n) is 6.53. The number of ether oxygens (including phenoxy) is 2. The molecule has 8 nitrogen and oxygen atoms in total. The number of aromatic nitrogens is 3. The van der Waals surface area contributed by atoms with Crippen LogP contribution in [-0.2, 0) is 13.0 Å². The van der Waals surface area contributed by atoms with Crippen LogP contribution in [0.5, 0.6) is 11.5 Å². The van der Waals surface area contributed by atoms with E-state index < -0.39 is 0 Å². The number of hydrogen-bond donors (Lipinski definition) is 2. The highest BCUT2D eigenvalue weighted by molar-refractivity contribution is 14.0. The molecule has 0 amide bonds. The zero-order valence-corrected chi connectivity index (χ0v) is 20.4. The normalized spacial score (nSPS) is 10.9. The highest BCUT2D eigenvalue weighted by Crippen LogP contribution is 2.27. The molecule has 0 fully saturated rings. The summed E-state index contributed by atoms with van der Waals surface area (Å²) in [5.74, 6) is 3.02. The van der Waals surface area contributed by atoms with E-state index in [4.69, 9.17) is 14.5 Å². The number of methoxy groups -OCH3 is 2. The van der Waals surface area contributed by atoms with Gasteiger partial charge in [0.2, 0.25) is 0 Å². The second-order valence-corrected chi connectivity index (χ2v) is 6.53. The van der Waals surface area contributed by atoms with Gasteiger partial charge in [-0.1, -0.05) is 6.07 Å². The van der Waals surface area contributed by atoms with Gasteiger partial charge in [0, 0.05) is 31.7 Å². The van der Waals surface area contributed by atoms with Crippen LogP contribution >= 0.6 is 24.0 Å². The highest BCUT2D eigenvalue weighted by atomic mass is 127. The van der Waals surface area contributed by atoms with E-state index in [1.807, 2.05) is 49.5 Å². The van der Waals surface area contributed by atoms with E-state index >= 15 is 0 Å². The fourth-order valence-corrected chi connectivity index (χ4v) is 2.96. The topological polar surface area (TPSA) is 85.6 Å². The number of pyridine rings is 1. The van der Waals surface area contributed by atoms with Crippen LogP contribution in [0.2, 0.25) is 0 Å². The minimum absolute atomic E-state index is 0. The van der Waals surface area contributed by atoms with E-state index in [0.717, 1.165) is 53.9 Å². The summed E-state index contributed by atoms with van der Waals surface area (Å²) in [5, 5.41) is 10.9. The third kappa shape index (κ3) is 7.12. The Hall–Kier alpha value is -2.82. The summed E-state index contributed by atoms with van der Waals surface area (Å²) in [6.07, 6.45) is 6.22. The van der Waals surface area contributed by atoms with E-state index in [9.17, 15) is 0 Å². The summed E-state index contributed by atoms with van der Waals surface area (Å²) >= 11 is 0. The maximum atomic E-state index is 5.37. The minimum Gasteiger partial charge on any atom is -0.493 e. The van der Waals surface area contributed by atoms with Gasteiger partial charge in [-0.3, -0.25) is 0 Å². The molecule has 0 aliphatic carbocycles. The van der Waals surface area contributed by atoms with Crippen molar-refractivity contribution in [2.24, 2.45) is 4.99 Å². The number of rotatable bonds is 9. The molecule has 0 saturated heterocycles. The van der Waals surface area contributed by atoms with Crippen LogP contribution < -0.4 is 20.1 Å². The first-order chi connectivity index (χ1) is 14.7. The number of hydrogen-bond acceptors (Lipinski definition) is 5. The molecule has 0 atom stereocenters. The molecular formula is C22H29IN6O2. The largest absolute Gasteiger partial charge is 0.493 e. The highest BCUT2D eigenvalue weighted by Gasteiger charge is 2.05. The van der Waals surface area contributed by atoms with Crippen LogP contribution in [0.25, 0.3) is 5.82 Å². The van der Waals surface area contributed by atoms with Crippen molar-refractivity contribution < 1.29 is 9.47 Å². The van der Waals surface area contributed by atoms with Crippen molar-refractivity contribution >= 4 is 29.9 Å². The smallest absolute Gasteiger partial charge is 0.191 e. The third-order valence-corrected chi connectivity index (χ3v) is 4.47. The molecule has 9 heteroatoms. The molecule has 3 rings (SSSR count). The molecule has 0 saturated carbocycles. The fourth-order valence-electron chi connectivity index (χ4n) is 2.96. The van der Waals surface area contributed by atoms with Gasteiger partial charge in [0.15, 0.2) is 23.3 Å². The SMILES string of the molecule is CCNC(=NCc1ccnc(-n2cccn2)c1)NCCc1ccc(OC)c(OC)c1.I. The van der Waals surface area contributed by atoms with Gasteiger partial charge in [-0.2, -0.15) is 5.10 Å². The number of nitrogens with one attached hydrogen (secondary N) is 2. The van der Waals surface area contributed by atoms with E-state index in [0.29, 0.717) is 6.54 Å². The lowest BCUT2D eigenvalue weighted by molar-refractivity contribution is 0.354. The molecule has 166 valence electrons. The van der Waals surface area contributed by atoms with E-state index in [1.54, 1.807) is 31.3 Å². The Morgan fingerprint density at radius 2 is 1.87 bits per heavy atom. The first-order valence-corrected chi connectivity index (χ1v) is 9.91. The molecule has 0 aliphatic heterocycles. The molecule has 3 aromatic rings. The fraction of sp³-hybridized carbons (Fsp3) is 0.318. The number of guanidine groups is 1. The second kappa shape index (κ2) is 12.8. The van der Waals surface area contributed by atoms with E-state index in [2.05, 4.69) is 20.7 Å². The summed E-state index contributed by atoms with van der Waals surface area (Å²) < 4.78 is 12.4. The molecule has 2 heterocycles. The summed E-state index contributed by atoms with van der Waals surface area (Å²) in [7, 11) is 3.28. The van der Waals surface area contributed by atoms with E-state index in [-0.39, 0.29) is 24.0 Å². The van der Waals surface area contributed by atoms with Gasteiger partial charge in [0.25, 0.3) is 0 Å². The molecule has 0 aliphatic rings. The van der Waals surface area contributed by atoms with Crippen LogP contribution in [0, 0.1) is 0 Å². The molecule has 2 aromatic heterocycles. The molecule has 31 heavy (non-hydrogen) atoms. The number of halogens is 1. The average Bonchev–Trinajstić information content (AvgIpc) is 3.32. The Morgan fingerprint density at radius 1 is 1.03 bits per heavy atom. The predicted octanol–water partition coefficient (Wildman–Crippen LogP) is 3.20. The van der Waals surface area contributed by atoms with Gasteiger partial charge in [-0.15, -0.1) is 24.0 Å². The van der Waals surface area contributed by atoms with Crippen molar-refractivity contribution in [1.82, 2.24) is 25.4 Å². The van der Waals surface area contributed by atoms with Crippen molar-refractivity contribution in [3.63, 3.8) is 0 Å². The maximum absolute atomic E-state index is 5.37. The standard InChI is InChI=1S/C22H28N6O2.HI/c1-4-23-22(25-12-8-17-6-7-19(29-2)20(14-17)30-3)26-16-18-9-11-24-21(15-18)28-13-5-10-27-28;/h5-7,9-11,13-15H,4,8,12,16H2,1-3H3,(H2,23,25,26);1H. The van der Waals surface area contributed by atoms with Gasteiger partial charge in [0.05, 0.1) is 20.8 Å². The van der Waals surface area contributed by atoms with Crippen molar-refractivity contribution in [2.75, 3.05) is 27.3 Å². The zero-order chi connectivity index (χ0) is 21.2. The van der Waals surface area contributed by atoms with Gasteiger partial charge < -0.3 is 20.1 Å². The predicted molar refractivity (Wildman–Crippen MR) is 133 cm³/mol. The number of benzene rings is 1. The molecule has 2 N–H and O–H groups in total. The molecule has 0 radical (unpaired) electrons. The van der Waals surface area contributed by atoms with Gasteiger partial charge in [0.1, 0.15) is 0 Å². The molecule has 0 bridgehead atoms. The summed E-state index contributed by atoms with van der Waals surface area (Å²) in [5.41, 5.74) is 2.22. The van der Waals surface area contributed by atoms with Crippen molar-refractivity contribution in [3.8, 4) is 17.3 Å². The first kappa shape index (κ1) is 24.4. The number of nitrogens with zero attached hydrogens (tertiary/aromatic N) is 4. The average molecular weight is 536 g/mol. The molecule has 0 spiro atoms. The van der Waals surface area contributed by atoms with Gasteiger partial charge in [-0.25, -0.2) is 14.7 Å². The first-order valence-electron chi connectivity index (χ1n) is 9.91. The Kier molecular flexibility index (Phi) is 10.1. The minimum atomic E-state index is 0. The summed E-state index contributed by atoms with van der Waals surface area (Å²) in [6.45, 7) is 4.13. The molecular weight excluding hydrogens is 507 g/mol. The van der Waals surface area contributed by atoms with E-state index in [1.165, 1.54) is 0 Å². The Balaban J connectivity index is 0.00000341. The lowest BCUT2D eigenvalue weighted by Gasteiger charge is -2.13. The van der Waals surface area contributed by atoms with Crippen LogP contribution in [0.3, 0.4) is 0 Å². The van der Waals surface area contributed by atoms with Crippen LogP contribution in [0.15, 0.2) is 60.0 Å². The Morgan fingerprint density at radius 3 is 2.58 bits per heavy atom. The quantitative estimate of drug-likeness (QED) is 0.248. The van der Waals surface area contributed by atoms with Crippen molar-refractivity contribution in [1.29, 1.82) is 0 Å². The maximum Gasteiger partial charge on any atom is 0.191 e. The van der Waals surface area contributed by atoms with Crippen LogP contribution in [0.4, 0.5) is 0 Å². The van der Waals surface area contributed by atoms with Crippen molar-refractivity contribution in [2.45, 2.75) is 19.9 Å².